The van der Waals surface area contributed by atoms with Gasteiger partial charge in [-0.15, -0.1) is 24.0 Å². The molecule has 1 aromatic carbocycles. The predicted molar refractivity (Wildman–Crippen MR) is 125 cm³/mol. The molecule has 8 heteroatoms. The predicted octanol–water partition coefficient (Wildman–Crippen LogP) is 2.28. The zero-order valence-electron chi connectivity index (χ0n) is 16.4. The van der Waals surface area contributed by atoms with Crippen LogP contribution >= 0.6 is 24.0 Å². The van der Waals surface area contributed by atoms with Gasteiger partial charge in [0.15, 0.2) is 5.96 Å². The number of amides is 2. The summed E-state index contributed by atoms with van der Waals surface area (Å²) in [7, 11) is 0. The molecule has 0 saturated carbocycles. The van der Waals surface area contributed by atoms with Crippen LogP contribution < -0.4 is 21.3 Å². The largest absolute Gasteiger partial charge is 0.364 e. The molecule has 0 spiro atoms. The lowest BCUT2D eigenvalue weighted by atomic mass is 10.1. The van der Waals surface area contributed by atoms with Crippen LogP contribution in [0.2, 0.25) is 0 Å². The van der Waals surface area contributed by atoms with Crippen LogP contribution in [0, 0.1) is 0 Å². The summed E-state index contributed by atoms with van der Waals surface area (Å²) in [6.07, 6.45) is 6.15. The van der Waals surface area contributed by atoms with E-state index in [0.29, 0.717) is 25.7 Å². The van der Waals surface area contributed by atoms with Gasteiger partial charge in [-0.05, 0) is 37.5 Å². The first-order valence-corrected chi connectivity index (χ1v) is 9.74. The Kier molecular flexibility index (Phi) is 8.88. The molecule has 3 rings (SSSR count). The van der Waals surface area contributed by atoms with Crippen molar-refractivity contribution in [2.45, 2.75) is 32.4 Å². The average molecular weight is 498 g/mol. The van der Waals surface area contributed by atoms with Crippen molar-refractivity contribution in [1.29, 1.82) is 0 Å². The monoisotopic (exact) mass is 498 g/mol. The van der Waals surface area contributed by atoms with Crippen molar-refractivity contribution in [3.8, 4) is 0 Å². The van der Waals surface area contributed by atoms with Gasteiger partial charge in [0.1, 0.15) is 0 Å². The number of carbonyl (C=O) groups excluding carboxylic acids is 1. The van der Waals surface area contributed by atoms with Crippen LogP contribution in [0.15, 0.2) is 41.4 Å². The molecule has 0 aromatic heterocycles. The number of nitrogens with two attached hydrogens (primary N) is 1. The molecule has 4 N–H and O–H groups in total. The molecule has 1 fully saturated rings. The highest BCUT2D eigenvalue weighted by atomic mass is 127. The van der Waals surface area contributed by atoms with E-state index in [4.69, 9.17) is 10.7 Å². The lowest BCUT2D eigenvalue weighted by molar-refractivity contribution is 0.188. The highest BCUT2D eigenvalue weighted by Crippen LogP contribution is 2.18. The number of primary amides is 1. The van der Waals surface area contributed by atoms with Crippen LogP contribution in [-0.2, 0) is 6.54 Å². The van der Waals surface area contributed by atoms with Gasteiger partial charge < -0.3 is 26.2 Å². The molecule has 0 aliphatic carbocycles. The number of aliphatic imine (C=N–C) groups is 1. The minimum Gasteiger partial charge on any atom is -0.364 e. The van der Waals surface area contributed by atoms with Crippen molar-refractivity contribution in [3.63, 3.8) is 0 Å². The molecule has 28 heavy (non-hydrogen) atoms. The van der Waals surface area contributed by atoms with Gasteiger partial charge in [0, 0.05) is 44.5 Å². The molecule has 1 saturated heterocycles. The van der Waals surface area contributed by atoms with E-state index in [1.165, 1.54) is 11.3 Å². The summed E-state index contributed by atoms with van der Waals surface area (Å²) in [6, 6.07) is 8.60. The quantitative estimate of drug-likeness (QED) is 0.252. The third-order valence-electron chi connectivity index (χ3n) is 5.03. The standard InChI is InChI=1S/C20H30N6O.HI/c1-2-22-20(24-17-9-13-26(14-10-17)19(21)27)23-15-16-5-7-18(8-6-16)25-11-3-4-12-25;/h3-8,17H,2,9-15H2,1H3,(H2,21,27)(H2,22,23,24);1H. The maximum atomic E-state index is 11.2. The summed E-state index contributed by atoms with van der Waals surface area (Å²) >= 11 is 0. The second kappa shape index (κ2) is 11.1. The molecule has 0 atom stereocenters. The molecular formula is C20H31IN6O. The SMILES string of the molecule is CCNC(=NCc1ccc(N2CC=CC2)cc1)NC1CCN(C(N)=O)CC1.I. The van der Waals surface area contributed by atoms with E-state index >= 15 is 0 Å². The summed E-state index contributed by atoms with van der Waals surface area (Å²) in [5.41, 5.74) is 7.78. The number of rotatable bonds is 5. The number of benzene rings is 1. The zero-order chi connectivity index (χ0) is 19.1. The van der Waals surface area contributed by atoms with Crippen LogP contribution in [-0.4, -0.2) is 55.7 Å². The average Bonchev–Trinajstić information content (AvgIpc) is 3.22. The van der Waals surface area contributed by atoms with Crippen LogP contribution in [0.3, 0.4) is 0 Å². The summed E-state index contributed by atoms with van der Waals surface area (Å²) in [5.74, 6) is 0.822. The minimum absolute atomic E-state index is 0. The number of nitrogens with one attached hydrogen (secondary N) is 2. The number of anilines is 1. The number of piperidine rings is 1. The fraction of sp³-hybridized carbons (Fsp3) is 0.500. The Morgan fingerprint density at radius 1 is 1.18 bits per heavy atom. The molecule has 2 heterocycles. The summed E-state index contributed by atoms with van der Waals surface area (Å²) in [4.78, 5) is 20.0. The van der Waals surface area contributed by atoms with Gasteiger partial charge in [-0.1, -0.05) is 24.3 Å². The van der Waals surface area contributed by atoms with E-state index in [9.17, 15) is 4.79 Å². The fourth-order valence-corrected chi connectivity index (χ4v) is 3.43. The number of hydrogen-bond donors (Lipinski definition) is 3. The number of carbonyl (C=O) groups is 1. The van der Waals surface area contributed by atoms with E-state index in [2.05, 4.69) is 58.9 Å². The summed E-state index contributed by atoms with van der Waals surface area (Å²) in [6.45, 7) is 6.87. The molecule has 0 unspecified atom stereocenters. The van der Waals surface area contributed by atoms with E-state index in [-0.39, 0.29) is 30.0 Å². The Bertz CT molecular complexity index is 674. The second-order valence-corrected chi connectivity index (χ2v) is 6.98. The Hall–Kier alpha value is -1.97. The van der Waals surface area contributed by atoms with Crippen LogP contribution in [0.1, 0.15) is 25.3 Å². The van der Waals surface area contributed by atoms with Crippen LogP contribution in [0.5, 0.6) is 0 Å². The molecule has 1 aromatic rings. The third kappa shape index (κ3) is 6.29. The molecule has 2 amide bonds. The first kappa shape index (κ1) is 22.3. The minimum atomic E-state index is -0.331. The molecule has 7 nitrogen and oxygen atoms in total. The van der Waals surface area contributed by atoms with Gasteiger partial charge in [0.2, 0.25) is 0 Å². The van der Waals surface area contributed by atoms with Crippen molar-refractivity contribution in [2.75, 3.05) is 37.6 Å². The number of urea groups is 1. The maximum Gasteiger partial charge on any atom is 0.314 e. The Labute approximate surface area is 184 Å². The number of halogens is 1. The van der Waals surface area contributed by atoms with Crippen LogP contribution in [0.25, 0.3) is 0 Å². The van der Waals surface area contributed by atoms with Gasteiger partial charge in [0.05, 0.1) is 6.54 Å². The van der Waals surface area contributed by atoms with Crippen LogP contribution in [0.4, 0.5) is 10.5 Å². The molecule has 0 radical (unpaired) electrons. The van der Waals surface area contributed by atoms with E-state index in [1.54, 1.807) is 4.90 Å². The smallest absolute Gasteiger partial charge is 0.314 e. The first-order chi connectivity index (χ1) is 13.2. The third-order valence-corrected chi connectivity index (χ3v) is 5.03. The van der Waals surface area contributed by atoms with Crippen molar-refractivity contribution in [3.05, 3.63) is 42.0 Å². The summed E-state index contributed by atoms with van der Waals surface area (Å²) in [5, 5.41) is 6.79. The fourth-order valence-electron chi connectivity index (χ4n) is 3.43. The van der Waals surface area contributed by atoms with Crippen molar-refractivity contribution in [2.24, 2.45) is 10.7 Å². The van der Waals surface area contributed by atoms with Crippen molar-refractivity contribution in [1.82, 2.24) is 15.5 Å². The highest BCUT2D eigenvalue weighted by Gasteiger charge is 2.21. The first-order valence-electron chi connectivity index (χ1n) is 9.74. The Balaban J connectivity index is 0.00000280. The topological polar surface area (TPSA) is 86.0 Å². The molecule has 2 aliphatic heterocycles. The second-order valence-electron chi connectivity index (χ2n) is 6.98. The highest BCUT2D eigenvalue weighted by molar-refractivity contribution is 14.0. The van der Waals surface area contributed by atoms with E-state index in [0.717, 1.165) is 38.4 Å². The molecular weight excluding hydrogens is 467 g/mol. The lowest BCUT2D eigenvalue weighted by Crippen LogP contribution is -2.50. The Morgan fingerprint density at radius 3 is 2.39 bits per heavy atom. The van der Waals surface area contributed by atoms with E-state index < -0.39 is 0 Å². The Morgan fingerprint density at radius 2 is 1.82 bits per heavy atom. The van der Waals surface area contributed by atoms with E-state index in [1.807, 2.05) is 0 Å². The van der Waals surface area contributed by atoms with Gasteiger partial charge in [-0.2, -0.15) is 0 Å². The van der Waals surface area contributed by atoms with Gasteiger partial charge in [-0.3, -0.25) is 0 Å². The number of hydrogen-bond acceptors (Lipinski definition) is 3. The van der Waals surface area contributed by atoms with Gasteiger partial charge in [0.25, 0.3) is 0 Å². The van der Waals surface area contributed by atoms with Crippen molar-refractivity contribution >= 4 is 41.7 Å². The molecule has 0 bridgehead atoms. The normalized spacial score (nSPS) is 17.4. The number of guanidine groups is 1. The number of nitrogens with zero attached hydrogens (tertiary/aromatic N) is 3. The van der Waals surface area contributed by atoms with Gasteiger partial charge in [-0.25, -0.2) is 9.79 Å². The molecule has 2 aliphatic rings. The summed E-state index contributed by atoms with van der Waals surface area (Å²) < 4.78 is 0. The zero-order valence-corrected chi connectivity index (χ0v) is 18.8. The van der Waals surface area contributed by atoms with Gasteiger partial charge >= 0.3 is 6.03 Å². The molecule has 154 valence electrons. The number of likely N-dealkylation sites (tertiary alicyclic amines) is 1. The van der Waals surface area contributed by atoms with Crippen molar-refractivity contribution < 1.29 is 4.79 Å². The maximum absolute atomic E-state index is 11.2. The lowest BCUT2D eigenvalue weighted by Gasteiger charge is -2.32.